The number of fused-ring (bicyclic) bond motifs is 1. The van der Waals surface area contributed by atoms with Crippen LogP contribution in [-0.4, -0.2) is 48.8 Å². The molecule has 1 heterocycles. The maximum atomic E-state index is 10.1. The zero-order chi connectivity index (χ0) is 14.9. The first-order chi connectivity index (χ1) is 10.1. The number of nitrogens with one attached hydrogen (secondary N) is 1. The van der Waals surface area contributed by atoms with E-state index in [1.165, 1.54) is 51.7 Å². The average molecular weight is 294 g/mol. The van der Waals surface area contributed by atoms with Crippen LogP contribution < -0.4 is 5.32 Å². The normalized spacial score (nSPS) is 35.7. The Bertz CT molecular complexity index is 338. The molecule has 0 aromatic carbocycles. The first-order valence-corrected chi connectivity index (χ1v) is 9.19. The van der Waals surface area contributed by atoms with Gasteiger partial charge in [0.2, 0.25) is 0 Å². The molecule has 3 atom stereocenters. The maximum absolute atomic E-state index is 10.1. The highest BCUT2D eigenvalue weighted by Crippen LogP contribution is 2.43. The van der Waals surface area contributed by atoms with Crippen LogP contribution in [0.1, 0.15) is 52.4 Å². The zero-order valence-corrected chi connectivity index (χ0v) is 14.0. The second-order valence-electron chi connectivity index (χ2n) is 8.49. The molecule has 0 amide bonds. The van der Waals surface area contributed by atoms with Crippen LogP contribution >= 0.6 is 0 Å². The van der Waals surface area contributed by atoms with Crippen LogP contribution in [-0.2, 0) is 0 Å². The van der Waals surface area contributed by atoms with E-state index < -0.39 is 0 Å². The summed E-state index contributed by atoms with van der Waals surface area (Å²) >= 11 is 0. The zero-order valence-electron chi connectivity index (χ0n) is 14.0. The van der Waals surface area contributed by atoms with Gasteiger partial charge in [0, 0.05) is 32.1 Å². The van der Waals surface area contributed by atoms with Gasteiger partial charge in [-0.25, -0.2) is 0 Å². The number of likely N-dealkylation sites (tertiary alicyclic amines) is 1. The Morgan fingerprint density at radius 1 is 1.19 bits per heavy atom. The van der Waals surface area contributed by atoms with Crippen molar-refractivity contribution in [1.82, 2.24) is 10.2 Å². The Balaban J connectivity index is 1.53. The lowest BCUT2D eigenvalue weighted by atomic mass is 9.85. The van der Waals surface area contributed by atoms with Crippen LogP contribution in [0.15, 0.2) is 0 Å². The first-order valence-electron chi connectivity index (χ1n) is 9.19. The van der Waals surface area contributed by atoms with Crippen LogP contribution in [0.2, 0.25) is 0 Å². The Morgan fingerprint density at radius 2 is 1.95 bits per heavy atom. The molecule has 1 saturated heterocycles. The molecule has 3 nitrogen and oxygen atoms in total. The molecule has 122 valence electrons. The molecule has 3 unspecified atom stereocenters. The van der Waals surface area contributed by atoms with E-state index in [4.69, 9.17) is 0 Å². The van der Waals surface area contributed by atoms with Crippen molar-refractivity contribution in [2.24, 2.45) is 23.2 Å². The fourth-order valence-electron chi connectivity index (χ4n) is 5.07. The lowest BCUT2D eigenvalue weighted by Gasteiger charge is -2.34. The predicted octanol–water partition coefficient (Wildman–Crippen LogP) is 2.50. The van der Waals surface area contributed by atoms with E-state index in [0.29, 0.717) is 11.3 Å². The SMILES string of the molecule is CC(C)CNCC1(CN2CC3CCC(O)C3C2)CCCC1. The van der Waals surface area contributed by atoms with Gasteiger partial charge in [-0.1, -0.05) is 26.7 Å². The van der Waals surface area contributed by atoms with Gasteiger partial charge >= 0.3 is 0 Å². The van der Waals surface area contributed by atoms with Gasteiger partial charge in [0.05, 0.1) is 6.10 Å². The molecule has 3 aliphatic rings. The number of hydrogen-bond acceptors (Lipinski definition) is 3. The fourth-order valence-corrected chi connectivity index (χ4v) is 5.07. The van der Waals surface area contributed by atoms with E-state index >= 15 is 0 Å². The summed E-state index contributed by atoms with van der Waals surface area (Å²) in [5.41, 5.74) is 0.512. The van der Waals surface area contributed by atoms with Crippen LogP contribution in [0.4, 0.5) is 0 Å². The second-order valence-corrected chi connectivity index (χ2v) is 8.49. The van der Waals surface area contributed by atoms with Crippen molar-refractivity contribution in [2.45, 2.75) is 58.5 Å². The summed E-state index contributed by atoms with van der Waals surface area (Å²) in [6.45, 7) is 10.6. The first kappa shape index (κ1) is 15.8. The average Bonchev–Trinajstić information content (AvgIpc) is 3.10. The Morgan fingerprint density at radius 3 is 2.62 bits per heavy atom. The van der Waals surface area contributed by atoms with Crippen molar-refractivity contribution in [3.63, 3.8) is 0 Å². The molecule has 0 aromatic rings. The second kappa shape index (κ2) is 6.55. The van der Waals surface area contributed by atoms with Crippen molar-refractivity contribution in [3.05, 3.63) is 0 Å². The van der Waals surface area contributed by atoms with E-state index in [-0.39, 0.29) is 6.10 Å². The van der Waals surface area contributed by atoms with Crippen LogP contribution in [0.3, 0.4) is 0 Å². The van der Waals surface area contributed by atoms with Crippen LogP contribution in [0.25, 0.3) is 0 Å². The third kappa shape index (κ3) is 3.62. The summed E-state index contributed by atoms with van der Waals surface area (Å²) < 4.78 is 0. The summed E-state index contributed by atoms with van der Waals surface area (Å²) in [4.78, 5) is 2.68. The van der Waals surface area contributed by atoms with Gasteiger partial charge in [-0.15, -0.1) is 0 Å². The highest BCUT2D eigenvalue weighted by molar-refractivity contribution is 4.97. The number of nitrogens with zero attached hydrogens (tertiary/aromatic N) is 1. The third-order valence-electron chi connectivity index (χ3n) is 6.17. The molecule has 1 aliphatic heterocycles. The van der Waals surface area contributed by atoms with Crippen molar-refractivity contribution in [1.29, 1.82) is 0 Å². The van der Waals surface area contributed by atoms with Gasteiger partial charge in [-0.05, 0) is 49.5 Å². The Kier molecular flexibility index (Phi) is 4.92. The molecular weight excluding hydrogens is 260 g/mol. The Labute approximate surface area is 130 Å². The molecule has 0 bridgehead atoms. The molecule has 3 rings (SSSR count). The van der Waals surface area contributed by atoms with Gasteiger partial charge in [-0.2, -0.15) is 0 Å². The molecule has 2 N–H and O–H groups in total. The Hall–Kier alpha value is -0.120. The van der Waals surface area contributed by atoms with Crippen molar-refractivity contribution in [3.8, 4) is 0 Å². The quantitative estimate of drug-likeness (QED) is 0.790. The molecule has 2 aliphatic carbocycles. The number of aliphatic hydroxyl groups is 1. The van der Waals surface area contributed by atoms with Crippen LogP contribution in [0.5, 0.6) is 0 Å². The van der Waals surface area contributed by atoms with E-state index in [0.717, 1.165) is 31.3 Å². The monoisotopic (exact) mass is 294 g/mol. The summed E-state index contributed by atoms with van der Waals surface area (Å²) in [5, 5.41) is 13.8. The van der Waals surface area contributed by atoms with Crippen molar-refractivity contribution in [2.75, 3.05) is 32.7 Å². The molecular formula is C18H34N2O. The van der Waals surface area contributed by atoms with Gasteiger partial charge in [0.25, 0.3) is 0 Å². The molecule has 2 saturated carbocycles. The predicted molar refractivity (Wildman–Crippen MR) is 87.3 cm³/mol. The van der Waals surface area contributed by atoms with Crippen LogP contribution in [0, 0.1) is 23.2 Å². The summed E-state index contributed by atoms with van der Waals surface area (Å²) in [6, 6.07) is 0. The summed E-state index contributed by atoms with van der Waals surface area (Å²) in [5.74, 6) is 2.10. The highest BCUT2D eigenvalue weighted by Gasteiger charge is 2.44. The minimum atomic E-state index is -0.0152. The number of aliphatic hydroxyl groups excluding tert-OH is 1. The molecule has 3 heteroatoms. The molecule has 0 radical (unpaired) electrons. The third-order valence-corrected chi connectivity index (χ3v) is 6.17. The van der Waals surface area contributed by atoms with Gasteiger partial charge in [-0.3, -0.25) is 0 Å². The summed E-state index contributed by atoms with van der Waals surface area (Å²) in [6.07, 6.45) is 7.89. The van der Waals surface area contributed by atoms with Gasteiger partial charge < -0.3 is 15.3 Å². The lowest BCUT2D eigenvalue weighted by molar-refractivity contribution is 0.112. The molecule has 21 heavy (non-hydrogen) atoms. The highest BCUT2D eigenvalue weighted by atomic mass is 16.3. The van der Waals surface area contributed by atoms with E-state index in [1.54, 1.807) is 0 Å². The topological polar surface area (TPSA) is 35.5 Å². The van der Waals surface area contributed by atoms with Gasteiger partial charge in [0.15, 0.2) is 0 Å². The van der Waals surface area contributed by atoms with Crippen molar-refractivity contribution >= 4 is 0 Å². The fraction of sp³-hybridized carbons (Fsp3) is 1.00. The van der Waals surface area contributed by atoms with E-state index in [2.05, 4.69) is 24.1 Å². The van der Waals surface area contributed by atoms with Gasteiger partial charge in [0.1, 0.15) is 0 Å². The minimum absolute atomic E-state index is 0.0152. The van der Waals surface area contributed by atoms with Crippen molar-refractivity contribution < 1.29 is 5.11 Å². The molecule has 0 aromatic heterocycles. The number of rotatable bonds is 6. The molecule has 0 spiro atoms. The largest absolute Gasteiger partial charge is 0.393 e. The smallest absolute Gasteiger partial charge is 0.0583 e. The lowest BCUT2D eigenvalue weighted by Crippen LogP contribution is -2.43. The van der Waals surface area contributed by atoms with E-state index in [1.807, 2.05) is 0 Å². The maximum Gasteiger partial charge on any atom is 0.0583 e. The molecule has 3 fully saturated rings. The van der Waals surface area contributed by atoms with E-state index in [9.17, 15) is 5.11 Å². The standard InChI is InChI=1S/C18H34N2O/c1-14(2)9-19-12-18(7-3-4-8-18)13-20-10-15-5-6-17(21)16(15)11-20/h14-17,19,21H,3-13H2,1-2H3. The minimum Gasteiger partial charge on any atom is -0.393 e. The number of hydrogen-bond donors (Lipinski definition) is 2. The summed E-state index contributed by atoms with van der Waals surface area (Å²) in [7, 11) is 0.